The number of benzene rings is 1. The SMILES string of the molecule is CC(C)CN(CC(N)=O)S(=O)(=O)c1cc(Cl)cc(N)c1F. The summed E-state index contributed by atoms with van der Waals surface area (Å²) >= 11 is 5.72. The average Bonchev–Trinajstić information content (AvgIpc) is 2.31. The summed E-state index contributed by atoms with van der Waals surface area (Å²) in [6, 6.07) is 2.06. The van der Waals surface area contributed by atoms with Crippen LogP contribution in [0.15, 0.2) is 17.0 Å². The first kappa shape index (κ1) is 17.7. The minimum Gasteiger partial charge on any atom is -0.396 e. The van der Waals surface area contributed by atoms with Gasteiger partial charge in [-0.2, -0.15) is 4.31 Å². The zero-order valence-electron chi connectivity index (χ0n) is 11.6. The van der Waals surface area contributed by atoms with E-state index in [4.69, 9.17) is 23.1 Å². The molecule has 0 saturated carbocycles. The first-order valence-electron chi connectivity index (χ1n) is 6.08. The molecule has 6 nitrogen and oxygen atoms in total. The number of anilines is 1. The fourth-order valence-corrected chi connectivity index (χ4v) is 3.72. The molecule has 0 spiro atoms. The number of hydrogen-bond donors (Lipinski definition) is 2. The summed E-state index contributed by atoms with van der Waals surface area (Å²) in [6.07, 6.45) is 0. The van der Waals surface area contributed by atoms with Gasteiger partial charge in [0.25, 0.3) is 0 Å². The van der Waals surface area contributed by atoms with Gasteiger partial charge in [-0.1, -0.05) is 25.4 Å². The number of hydrogen-bond acceptors (Lipinski definition) is 4. The van der Waals surface area contributed by atoms with Crippen LogP contribution in [0.5, 0.6) is 0 Å². The highest BCUT2D eigenvalue weighted by molar-refractivity contribution is 7.89. The second-order valence-corrected chi connectivity index (χ2v) is 7.31. The molecule has 0 atom stereocenters. The van der Waals surface area contributed by atoms with Crippen LogP contribution in [0.4, 0.5) is 10.1 Å². The Morgan fingerprint density at radius 1 is 1.43 bits per heavy atom. The zero-order chi connectivity index (χ0) is 16.4. The molecule has 4 N–H and O–H groups in total. The van der Waals surface area contributed by atoms with Crippen molar-refractivity contribution >= 4 is 33.2 Å². The number of nitrogens with two attached hydrogens (primary N) is 2. The van der Waals surface area contributed by atoms with Gasteiger partial charge >= 0.3 is 0 Å². The van der Waals surface area contributed by atoms with Crippen molar-refractivity contribution in [1.29, 1.82) is 0 Å². The van der Waals surface area contributed by atoms with E-state index in [1.165, 1.54) is 0 Å². The molecule has 0 bridgehead atoms. The van der Waals surface area contributed by atoms with Crippen molar-refractivity contribution in [1.82, 2.24) is 4.31 Å². The number of carbonyl (C=O) groups excluding carboxylic acids is 1. The minimum absolute atomic E-state index is 0.0110. The lowest BCUT2D eigenvalue weighted by Crippen LogP contribution is -2.40. The molecule has 1 aromatic rings. The lowest BCUT2D eigenvalue weighted by Gasteiger charge is -2.23. The summed E-state index contributed by atoms with van der Waals surface area (Å²) in [5, 5.41) is -0.0175. The highest BCUT2D eigenvalue weighted by Gasteiger charge is 2.30. The molecule has 118 valence electrons. The Balaban J connectivity index is 3.38. The highest BCUT2D eigenvalue weighted by Crippen LogP contribution is 2.27. The summed E-state index contributed by atoms with van der Waals surface area (Å²) in [5.41, 5.74) is 10.1. The Labute approximate surface area is 127 Å². The number of primary amides is 1. The second kappa shape index (κ2) is 6.59. The van der Waals surface area contributed by atoms with E-state index in [0.29, 0.717) is 0 Å². The van der Waals surface area contributed by atoms with Gasteiger partial charge in [0.1, 0.15) is 4.90 Å². The summed E-state index contributed by atoms with van der Waals surface area (Å²) < 4.78 is 39.8. The second-order valence-electron chi connectivity index (χ2n) is 4.96. The minimum atomic E-state index is -4.27. The first-order valence-corrected chi connectivity index (χ1v) is 7.90. The number of nitrogens with zero attached hydrogens (tertiary/aromatic N) is 1. The molecule has 0 radical (unpaired) electrons. The van der Waals surface area contributed by atoms with Crippen LogP contribution in [-0.4, -0.2) is 31.7 Å². The largest absolute Gasteiger partial charge is 0.396 e. The number of amides is 1. The van der Waals surface area contributed by atoms with Gasteiger partial charge in [-0.15, -0.1) is 0 Å². The standard InChI is InChI=1S/C12H17ClFN3O3S/c1-7(2)5-17(6-11(16)18)21(19,20)10-4-8(13)3-9(15)12(10)14/h3-4,7H,5-6,15H2,1-2H3,(H2,16,18). The summed E-state index contributed by atoms with van der Waals surface area (Å²) in [6.45, 7) is 2.97. The lowest BCUT2D eigenvalue weighted by atomic mass is 10.2. The van der Waals surface area contributed by atoms with Crippen molar-refractivity contribution in [3.05, 3.63) is 23.0 Å². The van der Waals surface area contributed by atoms with E-state index in [1.54, 1.807) is 13.8 Å². The van der Waals surface area contributed by atoms with E-state index in [0.717, 1.165) is 16.4 Å². The summed E-state index contributed by atoms with van der Waals surface area (Å²) in [7, 11) is -4.27. The van der Waals surface area contributed by atoms with Gasteiger partial charge in [0.2, 0.25) is 15.9 Å². The van der Waals surface area contributed by atoms with Crippen LogP contribution >= 0.6 is 11.6 Å². The van der Waals surface area contributed by atoms with Crippen molar-refractivity contribution in [3.63, 3.8) is 0 Å². The van der Waals surface area contributed by atoms with E-state index in [-0.39, 0.29) is 23.2 Å². The van der Waals surface area contributed by atoms with Gasteiger partial charge in [0.05, 0.1) is 12.2 Å². The normalized spacial score (nSPS) is 12.1. The molecule has 0 aliphatic carbocycles. The molecule has 1 aromatic carbocycles. The van der Waals surface area contributed by atoms with Crippen molar-refractivity contribution in [2.75, 3.05) is 18.8 Å². The third-order valence-electron chi connectivity index (χ3n) is 2.55. The maximum atomic E-state index is 14.0. The van der Waals surface area contributed by atoms with Crippen LogP contribution < -0.4 is 11.5 Å². The van der Waals surface area contributed by atoms with Gasteiger partial charge in [-0.05, 0) is 18.1 Å². The van der Waals surface area contributed by atoms with E-state index < -0.39 is 33.2 Å². The van der Waals surface area contributed by atoms with Crippen molar-refractivity contribution in [2.45, 2.75) is 18.7 Å². The van der Waals surface area contributed by atoms with E-state index in [1.807, 2.05) is 0 Å². The molecular weight excluding hydrogens is 321 g/mol. The van der Waals surface area contributed by atoms with E-state index in [2.05, 4.69) is 0 Å². The Morgan fingerprint density at radius 3 is 2.48 bits per heavy atom. The molecule has 1 rings (SSSR count). The molecule has 0 heterocycles. The number of rotatable bonds is 6. The molecule has 0 unspecified atom stereocenters. The monoisotopic (exact) mass is 337 g/mol. The van der Waals surface area contributed by atoms with Gasteiger partial charge in [-0.25, -0.2) is 12.8 Å². The van der Waals surface area contributed by atoms with E-state index in [9.17, 15) is 17.6 Å². The Hall–Kier alpha value is -1.38. The predicted octanol–water partition coefficient (Wildman–Crippen LogP) is 1.19. The lowest BCUT2D eigenvalue weighted by molar-refractivity contribution is -0.118. The molecule has 0 aromatic heterocycles. The predicted molar refractivity (Wildman–Crippen MR) is 78.6 cm³/mol. The Bertz CT molecular complexity index is 649. The quantitative estimate of drug-likeness (QED) is 0.760. The Kier molecular flexibility index (Phi) is 5.54. The van der Waals surface area contributed by atoms with Gasteiger partial charge < -0.3 is 11.5 Å². The van der Waals surface area contributed by atoms with Gasteiger partial charge in [0, 0.05) is 11.6 Å². The fraction of sp³-hybridized carbons (Fsp3) is 0.417. The molecule has 0 fully saturated rings. The fourth-order valence-electron chi connectivity index (χ4n) is 1.74. The van der Waals surface area contributed by atoms with E-state index >= 15 is 0 Å². The smallest absolute Gasteiger partial charge is 0.246 e. The molecule has 0 aliphatic heterocycles. The number of sulfonamides is 1. The van der Waals surface area contributed by atoms with Crippen molar-refractivity contribution < 1.29 is 17.6 Å². The Morgan fingerprint density at radius 2 is 2.00 bits per heavy atom. The number of nitrogen functional groups attached to an aromatic ring is 1. The summed E-state index contributed by atoms with van der Waals surface area (Å²) in [5.74, 6) is -2.02. The van der Waals surface area contributed by atoms with Crippen LogP contribution in [0.3, 0.4) is 0 Å². The van der Waals surface area contributed by atoms with Crippen LogP contribution in [0.1, 0.15) is 13.8 Å². The third-order valence-corrected chi connectivity index (χ3v) is 4.58. The maximum absolute atomic E-state index is 14.0. The van der Waals surface area contributed by atoms with Gasteiger partial charge in [-0.3, -0.25) is 4.79 Å². The number of carbonyl (C=O) groups is 1. The van der Waals surface area contributed by atoms with Crippen molar-refractivity contribution in [3.8, 4) is 0 Å². The van der Waals surface area contributed by atoms with Crippen LogP contribution in [0.2, 0.25) is 5.02 Å². The molecule has 21 heavy (non-hydrogen) atoms. The molecule has 0 saturated heterocycles. The molecular formula is C12H17ClFN3O3S. The average molecular weight is 338 g/mol. The van der Waals surface area contributed by atoms with Crippen LogP contribution in [-0.2, 0) is 14.8 Å². The van der Waals surface area contributed by atoms with Crippen LogP contribution in [0, 0.1) is 11.7 Å². The molecule has 0 aliphatic rings. The third kappa shape index (κ3) is 4.29. The topological polar surface area (TPSA) is 106 Å². The molecule has 9 heteroatoms. The number of halogens is 2. The highest BCUT2D eigenvalue weighted by atomic mass is 35.5. The maximum Gasteiger partial charge on any atom is 0.246 e. The zero-order valence-corrected chi connectivity index (χ0v) is 13.2. The van der Waals surface area contributed by atoms with Gasteiger partial charge in [0.15, 0.2) is 5.82 Å². The van der Waals surface area contributed by atoms with Crippen LogP contribution in [0.25, 0.3) is 0 Å². The summed E-state index contributed by atoms with van der Waals surface area (Å²) in [4.78, 5) is 10.4. The molecule has 1 amide bonds. The first-order chi connectivity index (χ1) is 9.55. The van der Waals surface area contributed by atoms with Crippen molar-refractivity contribution in [2.24, 2.45) is 11.7 Å².